The number of rotatable bonds is 3. The molecule has 0 spiro atoms. The number of carbonyl (C=O) groups excluding carboxylic acids is 1. The largest absolute Gasteiger partial charge is 0.293 e. The number of carbonyl (C=O) groups is 1. The van der Waals surface area contributed by atoms with E-state index in [1.807, 2.05) is 6.92 Å². The van der Waals surface area contributed by atoms with Crippen LogP contribution in [0.4, 0.5) is 4.39 Å². The molecule has 92 valence electrons. The molecule has 0 aliphatic carbocycles. The van der Waals surface area contributed by atoms with Crippen molar-refractivity contribution < 1.29 is 9.18 Å². The second-order valence-electron chi connectivity index (χ2n) is 4.94. The van der Waals surface area contributed by atoms with Crippen LogP contribution in [0.5, 0.6) is 0 Å². The predicted octanol–water partition coefficient (Wildman–Crippen LogP) is 2.74. The third kappa shape index (κ3) is 2.72. The Morgan fingerprint density at radius 1 is 1.41 bits per heavy atom. The molecule has 1 fully saturated rings. The van der Waals surface area contributed by atoms with Crippen LogP contribution in [0, 0.1) is 11.7 Å². The Kier molecular flexibility index (Phi) is 3.57. The highest BCUT2D eigenvalue weighted by Gasteiger charge is 2.27. The van der Waals surface area contributed by atoms with Crippen LogP contribution in [-0.2, 0) is 0 Å². The smallest absolute Gasteiger partial charge is 0.179 e. The number of hydrogen-bond donors (Lipinski definition) is 0. The number of Topliss-reactive ketones (excluding diaryl/α,β-unsaturated/α-hetero) is 1. The second kappa shape index (κ2) is 4.96. The van der Waals surface area contributed by atoms with Gasteiger partial charge >= 0.3 is 0 Å². The van der Waals surface area contributed by atoms with Gasteiger partial charge in [-0.05, 0) is 50.1 Å². The zero-order valence-electron chi connectivity index (χ0n) is 10.3. The quantitative estimate of drug-likeness (QED) is 0.751. The molecule has 2 atom stereocenters. The number of ketones is 1. The first-order valence-electron chi connectivity index (χ1n) is 6.12. The van der Waals surface area contributed by atoms with Crippen molar-refractivity contribution in [1.82, 2.24) is 4.90 Å². The van der Waals surface area contributed by atoms with Crippen molar-refractivity contribution in [2.45, 2.75) is 26.3 Å². The standard InChI is InChI=1S/C14H18FNO/c1-10-7-8-16(9-10)11(2)14(17)12-3-5-13(15)6-4-12/h3-6,10-11H,7-9H2,1-2H3. The SMILES string of the molecule is CC1CCN(C(C)C(=O)c2ccc(F)cc2)C1. The molecule has 0 saturated carbocycles. The summed E-state index contributed by atoms with van der Waals surface area (Å²) in [5, 5.41) is 0. The van der Waals surface area contributed by atoms with Crippen molar-refractivity contribution in [3.8, 4) is 0 Å². The van der Waals surface area contributed by atoms with Crippen LogP contribution in [0.1, 0.15) is 30.6 Å². The van der Waals surface area contributed by atoms with Gasteiger partial charge in [-0.25, -0.2) is 4.39 Å². The maximum atomic E-state index is 12.8. The van der Waals surface area contributed by atoms with E-state index in [1.54, 1.807) is 12.1 Å². The van der Waals surface area contributed by atoms with Crippen molar-refractivity contribution >= 4 is 5.78 Å². The molecule has 1 heterocycles. The predicted molar refractivity (Wildman–Crippen MR) is 65.5 cm³/mol. The molecule has 2 unspecified atom stereocenters. The maximum absolute atomic E-state index is 12.8. The summed E-state index contributed by atoms with van der Waals surface area (Å²) < 4.78 is 12.8. The lowest BCUT2D eigenvalue weighted by Crippen LogP contribution is -2.37. The summed E-state index contributed by atoms with van der Waals surface area (Å²) in [5.41, 5.74) is 0.596. The first-order valence-corrected chi connectivity index (χ1v) is 6.12. The molecule has 0 N–H and O–H groups in total. The number of benzene rings is 1. The van der Waals surface area contributed by atoms with Crippen LogP contribution in [0.15, 0.2) is 24.3 Å². The van der Waals surface area contributed by atoms with Crippen molar-refractivity contribution in [3.05, 3.63) is 35.6 Å². The fourth-order valence-corrected chi connectivity index (χ4v) is 2.34. The van der Waals surface area contributed by atoms with E-state index in [0.29, 0.717) is 11.5 Å². The second-order valence-corrected chi connectivity index (χ2v) is 4.94. The third-order valence-corrected chi connectivity index (χ3v) is 3.51. The van der Waals surface area contributed by atoms with Gasteiger partial charge in [0.25, 0.3) is 0 Å². The van der Waals surface area contributed by atoms with E-state index in [1.165, 1.54) is 12.1 Å². The lowest BCUT2D eigenvalue weighted by atomic mass is 10.0. The lowest BCUT2D eigenvalue weighted by molar-refractivity contribution is 0.0863. The number of likely N-dealkylation sites (tertiary alicyclic amines) is 1. The molecule has 17 heavy (non-hydrogen) atoms. The van der Waals surface area contributed by atoms with Gasteiger partial charge in [-0.3, -0.25) is 9.69 Å². The molecule has 0 amide bonds. The van der Waals surface area contributed by atoms with Crippen molar-refractivity contribution in [2.24, 2.45) is 5.92 Å². The van der Waals surface area contributed by atoms with E-state index in [-0.39, 0.29) is 17.6 Å². The van der Waals surface area contributed by atoms with Gasteiger partial charge in [0.1, 0.15) is 5.82 Å². The monoisotopic (exact) mass is 235 g/mol. The van der Waals surface area contributed by atoms with Crippen molar-refractivity contribution in [1.29, 1.82) is 0 Å². The van der Waals surface area contributed by atoms with Gasteiger partial charge in [0.15, 0.2) is 5.78 Å². The molecule has 1 saturated heterocycles. The van der Waals surface area contributed by atoms with Crippen LogP contribution in [0.2, 0.25) is 0 Å². The topological polar surface area (TPSA) is 20.3 Å². The average Bonchev–Trinajstić information content (AvgIpc) is 2.75. The Morgan fingerprint density at radius 2 is 2.06 bits per heavy atom. The molecule has 0 aromatic heterocycles. The molecule has 2 nitrogen and oxygen atoms in total. The summed E-state index contributed by atoms with van der Waals surface area (Å²) in [6, 6.07) is 5.70. The minimum Gasteiger partial charge on any atom is -0.293 e. The van der Waals surface area contributed by atoms with Crippen LogP contribution in [0.3, 0.4) is 0 Å². The van der Waals surface area contributed by atoms with Gasteiger partial charge in [-0.1, -0.05) is 6.92 Å². The summed E-state index contributed by atoms with van der Waals surface area (Å²) in [5.74, 6) is 0.446. The van der Waals surface area contributed by atoms with Crippen LogP contribution in [-0.4, -0.2) is 29.8 Å². The Morgan fingerprint density at radius 3 is 2.59 bits per heavy atom. The van der Waals surface area contributed by atoms with E-state index >= 15 is 0 Å². The average molecular weight is 235 g/mol. The van der Waals surface area contributed by atoms with Gasteiger partial charge in [-0.2, -0.15) is 0 Å². The van der Waals surface area contributed by atoms with Gasteiger partial charge in [0.2, 0.25) is 0 Å². The first-order chi connectivity index (χ1) is 8.08. The van der Waals surface area contributed by atoms with Gasteiger partial charge < -0.3 is 0 Å². The lowest BCUT2D eigenvalue weighted by Gasteiger charge is -2.22. The Hall–Kier alpha value is -1.22. The molecule has 1 aliphatic heterocycles. The highest BCUT2D eigenvalue weighted by molar-refractivity contribution is 5.99. The third-order valence-electron chi connectivity index (χ3n) is 3.51. The van der Waals surface area contributed by atoms with E-state index in [4.69, 9.17) is 0 Å². The van der Waals surface area contributed by atoms with E-state index in [9.17, 15) is 9.18 Å². The van der Waals surface area contributed by atoms with E-state index in [2.05, 4.69) is 11.8 Å². The van der Waals surface area contributed by atoms with Crippen LogP contribution < -0.4 is 0 Å². The molecule has 1 aromatic rings. The molecule has 1 aromatic carbocycles. The van der Waals surface area contributed by atoms with Crippen LogP contribution in [0.25, 0.3) is 0 Å². The molecule has 3 heteroatoms. The van der Waals surface area contributed by atoms with Gasteiger partial charge in [0.05, 0.1) is 6.04 Å². The number of nitrogens with zero attached hydrogens (tertiary/aromatic N) is 1. The normalized spacial score (nSPS) is 22.6. The fraction of sp³-hybridized carbons (Fsp3) is 0.500. The molecular weight excluding hydrogens is 217 g/mol. The summed E-state index contributed by atoms with van der Waals surface area (Å²) in [6.45, 7) is 6.10. The van der Waals surface area contributed by atoms with E-state index < -0.39 is 0 Å². The summed E-state index contributed by atoms with van der Waals surface area (Å²) in [4.78, 5) is 14.4. The summed E-state index contributed by atoms with van der Waals surface area (Å²) >= 11 is 0. The van der Waals surface area contributed by atoms with Crippen molar-refractivity contribution in [2.75, 3.05) is 13.1 Å². The maximum Gasteiger partial charge on any atom is 0.179 e. The molecule has 0 bridgehead atoms. The van der Waals surface area contributed by atoms with Crippen molar-refractivity contribution in [3.63, 3.8) is 0 Å². The first kappa shape index (κ1) is 12.2. The number of halogens is 1. The Balaban J connectivity index is 2.06. The van der Waals surface area contributed by atoms with Crippen LogP contribution >= 0.6 is 0 Å². The highest BCUT2D eigenvalue weighted by Crippen LogP contribution is 2.19. The minimum atomic E-state index is -0.302. The Bertz CT molecular complexity index is 401. The summed E-state index contributed by atoms with van der Waals surface area (Å²) in [7, 11) is 0. The molecule has 0 radical (unpaired) electrons. The van der Waals surface area contributed by atoms with Gasteiger partial charge in [-0.15, -0.1) is 0 Å². The highest BCUT2D eigenvalue weighted by atomic mass is 19.1. The van der Waals surface area contributed by atoms with E-state index in [0.717, 1.165) is 19.5 Å². The minimum absolute atomic E-state index is 0.0825. The van der Waals surface area contributed by atoms with Gasteiger partial charge in [0, 0.05) is 12.1 Å². The number of hydrogen-bond acceptors (Lipinski definition) is 2. The molecule has 1 aliphatic rings. The molecular formula is C14H18FNO. The Labute approximate surface area is 101 Å². The zero-order chi connectivity index (χ0) is 12.4. The zero-order valence-corrected chi connectivity index (χ0v) is 10.3. The molecule has 2 rings (SSSR count). The fourth-order valence-electron chi connectivity index (χ4n) is 2.34. The summed E-state index contributed by atoms with van der Waals surface area (Å²) in [6.07, 6.45) is 1.15.